The molecule has 1 aliphatic carbocycles. The van der Waals surface area contributed by atoms with Crippen molar-refractivity contribution in [1.29, 1.82) is 0 Å². The fraction of sp³-hybridized carbons (Fsp3) is 0.909. The first-order valence-electron chi connectivity index (χ1n) is 5.66. The fourth-order valence-electron chi connectivity index (χ4n) is 3.72. The Morgan fingerprint density at radius 3 is 2.77 bits per heavy atom. The molecule has 0 radical (unpaired) electrons. The Morgan fingerprint density at radius 1 is 1.08 bits per heavy atom. The van der Waals surface area contributed by atoms with Crippen LogP contribution in [0.1, 0.15) is 38.5 Å². The van der Waals surface area contributed by atoms with E-state index < -0.39 is 0 Å². The highest BCUT2D eigenvalue weighted by atomic mass is 16.2. The summed E-state index contributed by atoms with van der Waals surface area (Å²) in [5.74, 6) is 2.03. The lowest BCUT2D eigenvalue weighted by Gasteiger charge is -2.42. The molecule has 2 aliphatic heterocycles. The van der Waals surface area contributed by atoms with E-state index in [1.54, 1.807) is 0 Å². The van der Waals surface area contributed by atoms with Crippen molar-refractivity contribution >= 4 is 5.91 Å². The standard InChI is InChI=1S/C11H17NO/c13-10-7-9-4-1-3-8-5-2-6-12(10)11(8)9/h8-9,11H,1-7H2/t8-,9-,11-/m1/s1. The van der Waals surface area contributed by atoms with E-state index in [1.807, 2.05) is 0 Å². The molecule has 0 aromatic heterocycles. The molecule has 0 spiro atoms. The molecule has 2 saturated heterocycles. The van der Waals surface area contributed by atoms with Crippen LogP contribution in [0.5, 0.6) is 0 Å². The van der Waals surface area contributed by atoms with Crippen molar-refractivity contribution in [3.05, 3.63) is 0 Å². The second kappa shape index (κ2) is 2.73. The number of rotatable bonds is 0. The lowest BCUT2D eigenvalue weighted by Crippen LogP contribution is -2.46. The molecule has 0 N–H and O–H groups in total. The van der Waals surface area contributed by atoms with E-state index in [-0.39, 0.29) is 0 Å². The molecule has 0 aromatic carbocycles. The van der Waals surface area contributed by atoms with Gasteiger partial charge in [-0.1, -0.05) is 6.42 Å². The van der Waals surface area contributed by atoms with Gasteiger partial charge < -0.3 is 4.90 Å². The monoisotopic (exact) mass is 179 g/mol. The topological polar surface area (TPSA) is 20.3 Å². The maximum absolute atomic E-state index is 11.7. The van der Waals surface area contributed by atoms with E-state index in [0.29, 0.717) is 11.9 Å². The summed E-state index contributed by atoms with van der Waals surface area (Å²) in [6.45, 7) is 1.05. The van der Waals surface area contributed by atoms with E-state index in [0.717, 1.165) is 24.8 Å². The van der Waals surface area contributed by atoms with Gasteiger partial charge in [-0.2, -0.15) is 0 Å². The summed E-state index contributed by atoms with van der Waals surface area (Å²) in [5.41, 5.74) is 0. The van der Waals surface area contributed by atoms with E-state index in [1.165, 1.54) is 32.1 Å². The number of carbonyl (C=O) groups excluding carboxylic acids is 1. The predicted molar refractivity (Wildman–Crippen MR) is 50.2 cm³/mol. The summed E-state index contributed by atoms with van der Waals surface area (Å²) in [7, 11) is 0. The third-order valence-electron chi connectivity index (χ3n) is 4.21. The molecular formula is C11H17NO. The summed E-state index contributed by atoms with van der Waals surface area (Å²) < 4.78 is 0. The molecule has 13 heavy (non-hydrogen) atoms. The third-order valence-corrected chi connectivity index (χ3v) is 4.21. The van der Waals surface area contributed by atoms with Gasteiger partial charge >= 0.3 is 0 Å². The van der Waals surface area contributed by atoms with Crippen molar-refractivity contribution in [2.75, 3.05) is 6.54 Å². The Bertz CT molecular complexity index is 236. The van der Waals surface area contributed by atoms with E-state index >= 15 is 0 Å². The normalized spacial score (nSPS) is 43.5. The van der Waals surface area contributed by atoms with Gasteiger partial charge in [0.05, 0.1) is 0 Å². The molecule has 3 atom stereocenters. The third kappa shape index (κ3) is 1.04. The van der Waals surface area contributed by atoms with Gasteiger partial charge in [0.1, 0.15) is 0 Å². The van der Waals surface area contributed by atoms with Crippen LogP contribution in [0.25, 0.3) is 0 Å². The van der Waals surface area contributed by atoms with Crippen molar-refractivity contribution < 1.29 is 4.79 Å². The van der Waals surface area contributed by atoms with Crippen molar-refractivity contribution in [3.8, 4) is 0 Å². The summed E-state index contributed by atoms with van der Waals surface area (Å²) in [5, 5.41) is 0. The van der Waals surface area contributed by atoms with Crippen molar-refractivity contribution in [2.45, 2.75) is 44.6 Å². The number of hydrogen-bond acceptors (Lipinski definition) is 1. The number of amides is 1. The van der Waals surface area contributed by atoms with Gasteiger partial charge in [-0.15, -0.1) is 0 Å². The largest absolute Gasteiger partial charge is 0.339 e. The Morgan fingerprint density at radius 2 is 1.85 bits per heavy atom. The van der Waals surface area contributed by atoms with Crippen LogP contribution in [-0.4, -0.2) is 23.4 Å². The van der Waals surface area contributed by atoms with Gasteiger partial charge in [0.2, 0.25) is 5.91 Å². The molecule has 0 aromatic rings. The predicted octanol–water partition coefficient (Wildman–Crippen LogP) is 1.80. The molecule has 3 fully saturated rings. The molecule has 2 heteroatoms. The van der Waals surface area contributed by atoms with Crippen LogP contribution in [0.4, 0.5) is 0 Å². The first-order chi connectivity index (χ1) is 6.36. The molecule has 2 heterocycles. The zero-order valence-electron chi connectivity index (χ0n) is 8.04. The van der Waals surface area contributed by atoms with E-state index in [9.17, 15) is 4.79 Å². The van der Waals surface area contributed by atoms with Gasteiger partial charge in [-0.25, -0.2) is 0 Å². The minimum absolute atomic E-state index is 0.446. The van der Waals surface area contributed by atoms with Gasteiger partial charge in [-0.05, 0) is 37.5 Å². The maximum Gasteiger partial charge on any atom is 0.223 e. The van der Waals surface area contributed by atoms with Crippen LogP contribution in [-0.2, 0) is 4.79 Å². The molecular weight excluding hydrogens is 162 g/mol. The van der Waals surface area contributed by atoms with Crippen LogP contribution >= 0.6 is 0 Å². The zero-order valence-corrected chi connectivity index (χ0v) is 8.04. The van der Waals surface area contributed by atoms with Crippen molar-refractivity contribution in [1.82, 2.24) is 4.90 Å². The van der Waals surface area contributed by atoms with Crippen LogP contribution in [0.15, 0.2) is 0 Å². The quantitative estimate of drug-likeness (QED) is 0.555. The minimum Gasteiger partial charge on any atom is -0.339 e. The summed E-state index contributed by atoms with van der Waals surface area (Å²) in [6.07, 6.45) is 7.55. The fourth-order valence-corrected chi connectivity index (χ4v) is 3.72. The van der Waals surface area contributed by atoms with Gasteiger partial charge in [0.15, 0.2) is 0 Å². The van der Waals surface area contributed by atoms with E-state index in [2.05, 4.69) is 4.90 Å². The van der Waals surface area contributed by atoms with Gasteiger partial charge in [0.25, 0.3) is 0 Å². The molecule has 3 rings (SSSR count). The highest BCUT2D eigenvalue weighted by Crippen LogP contribution is 2.44. The Kier molecular flexibility index (Phi) is 1.64. The molecule has 1 saturated carbocycles. The first kappa shape index (κ1) is 7.84. The zero-order chi connectivity index (χ0) is 8.84. The van der Waals surface area contributed by atoms with Gasteiger partial charge in [0, 0.05) is 19.0 Å². The number of piperidine rings is 1. The van der Waals surface area contributed by atoms with Crippen LogP contribution in [0.2, 0.25) is 0 Å². The first-order valence-corrected chi connectivity index (χ1v) is 5.66. The average Bonchev–Trinajstić information content (AvgIpc) is 2.47. The van der Waals surface area contributed by atoms with Crippen LogP contribution < -0.4 is 0 Å². The summed E-state index contributed by atoms with van der Waals surface area (Å²) in [4.78, 5) is 13.9. The highest BCUT2D eigenvalue weighted by Gasteiger charge is 2.46. The molecule has 0 bridgehead atoms. The Hall–Kier alpha value is -0.530. The summed E-state index contributed by atoms with van der Waals surface area (Å²) >= 11 is 0. The lowest BCUT2D eigenvalue weighted by atomic mass is 9.74. The molecule has 3 aliphatic rings. The van der Waals surface area contributed by atoms with Crippen molar-refractivity contribution in [3.63, 3.8) is 0 Å². The van der Waals surface area contributed by atoms with E-state index in [4.69, 9.17) is 0 Å². The highest BCUT2D eigenvalue weighted by molar-refractivity contribution is 5.79. The molecule has 2 nitrogen and oxygen atoms in total. The van der Waals surface area contributed by atoms with Crippen LogP contribution in [0, 0.1) is 11.8 Å². The van der Waals surface area contributed by atoms with Crippen molar-refractivity contribution in [2.24, 2.45) is 11.8 Å². The molecule has 72 valence electrons. The van der Waals surface area contributed by atoms with Crippen LogP contribution in [0.3, 0.4) is 0 Å². The maximum atomic E-state index is 11.7. The second-order valence-corrected chi connectivity index (χ2v) is 4.88. The average molecular weight is 179 g/mol. The summed E-state index contributed by atoms with van der Waals surface area (Å²) in [6, 6.07) is 0.662. The Balaban J connectivity index is 1.91. The Labute approximate surface area is 79.3 Å². The second-order valence-electron chi connectivity index (χ2n) is 4.88. The number of carbonyl (C=O) groups is 1. The SMILES string of the molecule is O=C1C[C@H]2CCC[C@@H]3CCCN1[C@H]32. The number of hydrogen-bond donors (Lipinski definition) is 0. The number of nitrogens with zero attached hydrogens (tertiary/aromatic N) is 1. The smallest absolute Gasteiger partial charge is 0.223 e. The minimum atomic E-state index is 0.446. The molecule has 0 unspecified atom stereocenters. The molecule has 1 amide bonds. The van der Waals surface area contributed by atoms with Gasteiger partial charge in [-0.3, -0.25) is 4.79 Å². The lowest BCUT2D eigenvalue weighted by molar-refractivity contribution is -0.130.